The van der Waals surface area contributed by atoms with Gasteiger partial charge in [0.05, 0.1) is 4.92 Å². The molecule has 0 atom stereocenters. The summed E-state index contributed by atoms with van der Waals surface area (Å²) in [6.45, 7) is 0. The lowest BCUT2D eigenvalue weighted by Crippen LogP contribution is -2.06. The quantitative estimate of drug-likeness (QED) is 0.229. The van der Waals surface area contributed by atoms with Gasteiger partial charge in [0, 0.05) is 15.2 Å². The number of nitro groups is 1. The third-order valence-corrected chi connectivity index (χ3v) is 4.22. The molecule has 0 aliphatic carbocycles. The largest absolute Gasteiger partial charge is 0.402 e. The van der Waals surface area contributed by atoms with Gasteiger partial charge < -0.3 is 4.74 Å². The van der Waals surface area contributed by atoms with Crippen LogP contribution < -0.4 is 0 Å². The predicted molar refractivity (Wildman–Crippen MR) is 97.9 cm³/mol. The zero-order valence-corrected chi connectivity index (χ0v) is 14.8. The molecule has 0 amide bonds. The normalized spacial score (nSPS) is 15.3. The van der Waals surface area contributed by atoms with E-state index in [4.69, 9.17) is 16.3 Å². The zero-order chi connectivity index (χ0) is 17.3. The van der Waals surface area contributed by atoms with Crippen molar-refractivity contribution in [3.63, 3.8) is 0 Å². The Balaban J connectivity index is 1.96. The molecule has 24 heavy (non-hydrogen) atoms. The zero-order valence-electron chi connectivity index (χ0n) is 11.9. The Morgan fingerprint density at radius 2 is 1.92 bits per heavy atom. The number of nitrogens with zero attached hydrogens (tertiary/aromatic N) is 2. The summed E-state index contributed by atoms with van der Waals surface area (Å²) in [6, 6.07) is 11.6. The van der Waals surface area contributed by atoms with E-state index >= 15 is 0 Å². The molecule has 1 heterocycles. The first-order valence-electron chi connectivity index (χ1n) is 6.66. The molecule has 0 unspecified atom stereocenters. The van der Waals surface area contributed by atoms with E-state index in [0.717, 1.165) is 9.13 Å². The predicted octanol–water partition coefficient (Wildman–Crippen LogP) is 4.20. The van der Waals surface area contributed by atoms with Crippen molar-refractivity contribution in [3.8, 4) is 0 Å². The Morgan fingerprint density at radius 3 is 2.58 bits per heavy atom. The number of halogens is 2. The molecular formula is C16H8ClIN2O4. The number of carbonyl (C=O) groups excluding carboxylic acids is 1. The van der Waals surface area contributed by atoms with Crippen LogP contribution in [0.5, 0.6) is 0 Å². The van der Waals surface area contributed by atoms with E-state index in [-0.39, 0.29) is 22.3 Å². The second-order valence-electron chi connectivity index (χ2n) is 4.81. The maximum absolute atomic E-state index is 11.9. The van der Waals surface area contributed by atoms with Crippen LogP contribution in [-0.2, 0) is 9.53 Å². The highest BCUT2D eigenvalue weighted by Crippen LogP contribution is 2.27. The monoisotopic (exact) mass is 454 g/mol. The molecule has 0 radical (unpaired) electrons. The Morgan fingerprint density at radius 1 is 1.21 bits per heavy atom. The van der Waals surface area contributed by atoms with Crippen LogP contribution in [0.2, 0.25) is 5.02 Å². The summed E-state index contributed by atoms with van der Waals surface area (Å²) in [5, 5.41) is 11.0. The highest BCUT2D eigenvalue weighted by Gasteiger charge is 2.26. The fraction of sp³-hybridized carbons (Fsp3) is 0. The molecule has 0 bridgehead atoms. The fourth-order valence-electron chi connectivity index (χ4n) is 2.04. The number of hydrogen-bond donors (Lipinski definition) is 0. The summed E-state index contributed by atoms with van der Waals surface area (Å²) in [7, 11) is 0. The van der Waals surface area contributed by atoms with Crippen LogP contribution in [-0.4, -0.2) is 16.8 Å². The summed E-state index contributed by atoms with van der Waals surface area (Å²) in [6.07, 6.45) is 1.59. The molecule has 6 nitrogen and oxygen atoms in total. The molecule has 0 fully saturated rings. The van der Waals surface area contributed by atoms with Gasteiger partial charge in [0.25, 0.3) is 5.69 Å². The second kappa shape index (κ2) is 6.70. The van der Waals surface area contributed by atoms with Crippen molar-refractivity contribution in [1.29, 1.82) is 0 Å². The van der Waals surface area contributed by atoms with Crippen LogP contribution in [0.25, 0.3) is 6.08 Å². The molecule has 3 rings (SSSR count). The summed E-state index contributed by atoms with van der Waals surface area (Å²) in [4.78, 5) is 26.4. The van der Waals surface area contributed by atoms with Crippen molar-refractivity contribution in [2.75, 3.05) is 0 Å². The number of aliphatic imine (C=N–C) groups is 1. The topological polar surface area (TPSA) is 81.8 Å². The van der Waals surface area contributed by atoms with Gasteiger partial charge in [-0.05, 0) is 58.5 Å². The van der Waals surface area contributed by atoms with Crippen LogP contribution in [0, 0.1) is 13.7 Å². The summed E-state index contributed by atoms with van der Waals surface area (Å²) < 4.78 is 6.18. The first-order valence-corrected chi connectivity index (χ1v) is 8.12. The van der Waals surface area contributed by atoms with Crippen molar-refractivity contribution >= 4 is 57.8 Å². The van der Waals surface area contributed by atoms with Crippen molar-refractivity contribution in [1.82, 2.24) is 0 Å². The summed E-state index contributed by atoms with van der Waals surface area (Å²) in [5.41, 5.74) is 0.965. The van der Waals surface area contributed by atoms with Crippen LogP contribution in [0.1, 0.15) is 11.1 Å². The minimum Gasteiger partial charge on any atom is -0.402 e. The van der Waals surface area contributed by atoms with Gasteiger partial charge >= 0.3 is 5.97 Å². The molecular weight excluding hydrogens is 447 g/mol. The lowest BCUT2D eigenvalue weighted by atomic mass is 10.2. The number of benzene rings is 2. The van der Waals surface area contributed by atoms with Gasteiger partial charge in [-0.25, -0.2) is 9.79 Å². The van der Waals surface area contributed by atoms with Crippen molar-refractivity contribution in [2.24, 2.45) is 4.99 Å². The molecule has 0 spiro atoms. The average Bonchev–Trinajstić information content (AvgIpc) is 2.90. The van der Waals surface area contributed by atoms with Gasteiger partial charge in [-0.2, -0.15) is 0 Å². The fourth-order valence-corrected chi connectivity index (χ4v) is 2.58. The van der Waals surface area contributed by atoms with E-state index in [1.54, 1.807) is 6.08 Å². The van der Waals surface area contributed by atoms with Crippen LogP contribution in [0.15, 0.2) is 53.2 Å². The van der Waals surface area contributed by atoms with Crippen LogP contribution in [0.4, 0.5) is 5.69 Å². The van der Waals surface area contributed by atoms with Gasteiger partial charge in [-0.3, -0.25) is 10.1 Å². The number of rotatable bonds is 3. The van der Waals surface area contributed by atoms with Gasteiger partial charge in [0.1, 0.15) is 5.02 Å². The van der Waals surface area contributed by atoms with Crippen molar-refractivity contribution in [2.45, 2.75) is 0 Å². The lowest BCUT2D eigenvalue weighted by Gasteiger charge is -2.00. The Labute approximate surface area is 155 Å². The van der Waals surface area contributed by atoms with Gasteiger partial charge in [0.15, 0.2) is 5.70 Å². The van der Waals surface area contributed by atoms with E-state index in [2.05, 4.69) is 27.6 Å². The minimum absolute atomic E-state index is 0.00308. The minimum atomic E-state index is -0.610. The SMILES string of the molecule is O=C1OC(c2ccc(Cl)c([N+](=O)[O-])c2)=N/C1=C\c1ccc(I)cc1. The van der Waals surface area contributed by atoms with Crippen LogP contribution >= 0.6 is 34.2 Å². The molecule has 0 aromatic heterocycles. The Kier molecular flexibility index (Phi) is 4.63. The first kappa shape index (κ1) is 16.6. The molecule has 0 saturated heterocycles. The number of hydrogen-bond acceptors (Lipinski definition) is 5. The highest BCUT2D eigenvalue weighted by atomic mass is 127. The number of esters is 1. The Bertz CT molecular complexity index is 907. The average molecular weight is 455 g/mol. The second-order valence-corrected chi connectivity index (χ2v) is 6.46. The number of cyclic esters (lactones) is 1. The summed E-state index contributed by atoms with van der Waals surface area (Å²) >= 11 is 7.96. The number of nitro benzene ring substituents is 1. The molecule has 120 valence electrons. The smallest absolute Gasteiger partial charge is 0.363 e. The van der Waals surface area contributed by atoms with Gasteiger partial charge in [-0.15, -0.1) is 0 Å². The van der Waals surface area contributed by atoms with Gasteiger partial charge in [-0.1, -0.05) is 23.7 Å². The van der Waals surface area contributed by atoms with E-state index in [1.807, 2.05) is 24.3 Å². The maximum atomic E-state index is 11.9. The van der Waals surface area contributed by atoms with Gasteiger partial charge in [0.2, 0.25) is 5.90 Å². The highest BCUT2D eigenvalue weighted by molar-refractivity contribution is 14.1. The Hall–Kier alpha value is -2.26. The molecule has 8 heteroatoms. The maximum Gasteiger partial charge on any atom is 0.363 e. The van der Waals surface area contributed by atoms with Crippen molar-refractivity contribution in [3.05, 3.63) is 78.0 Å². The van der Waals surface area contributed by atoms with E-state index < -0.39 is 10.9 Å². The van der Waals surface area contributed by atoms with E-state index in [9.17, 15) is 14.9 Å². The van der Waals surface area contributed by atoms with E-state index in [1.165, 1.54) is 18.2 Å². The van der Waals surface area contributed by atoms with E-state index in [0.29, 0.717) is 5.56 Å². The van der Waals surface area contributed by atoms with Crippen molar-refractivity contribution < 1.29 is 14.5 Å². The third-order valence-electron chi connectivity index (χ3n) is 3.18. The molecule has 0 N–H and O–H groups in total. The molecule has 0 saturated carbocycles. The molecule has 1 aliphatic heterocycles. The lowest BCUT2D eigenvalue weighted by molar-refractivity contribution is -0.384. The number of carbonyl (C=O) groups is 1. The molecule has 1 aliphatic rings. The standard InChI is InChI=1S/C16H8ClIN2O4/c17-12-6-3-10(8-14(12)20(22)23)15-19-13(16(21)24-15)7-9-1-4-11(18)5-2-9/h1-8H/b13-7-. The third kappa shape index (κ3) is 3.46. The summed E-state index contributed by atoms with van der Waals surface area (Å²) in [5.74, 6) is -0.599. The number of ether oxygens (including phenoxy) is 1. The molecule has 2 aromatic rings. The van der Waals surface area contributed by atoms with Crippen LogP contribution in [0.3, 0.4) is 0 Å². The first-order chi connectivity index (χ1) is 11.4. The molecule has 2 aromatic carbocycles.